The van der Waals surface area contributed by atoms with Crippen molar-refractivity contribution in [3.63, 3.8) is 0 Å². The number of aromatic nitrogens is 2. The second-order valence-electron chi connectivity index (χ2n) is 4.41. The number of aryl methyl sites for hydroxylation is 2. The average molecular weight is 294 g/mol. The van der Waals surface area contributed by atoms with Crippen LogP contribution in [0.2, 0.25) is 5.15 Å². The first-order chi connectivity index (χ1) is 9.52. The van der Waals surface area contributed by atoms with Gasteiger partial charge in [0.2, 0.25) is 0 Å². The minimum Gasteiger partial charge on any atom is -0.497 e. The molecule has 0 unspecified atom stereocenters. The molecule has 0 saturated heterocycles. The minimum absolute atomic E-state index is 0.226. The van der Waals surface area contributed by atoms with Crippen molar-refractivity contribution in [2.75, 3.05) is 7.11 Å². The maximum absolute atomic E-state index is 12.1. The van der Waals surface area contributed by atoms with E-state index in [2.05, 4.69) is 10.4 Å². The zero-order valence-corrected chi connectivity index (χ0v) is 12.4. The van der Waals surface area contributed by atoms with E-state index in [1.807, 2.05) is 24.3 Å². The Kier molecular flexibility index (Phi) is 4.29. The fraction of sp³-hybridized carbons (Fsp3) is 0.286. The number of halogens is 1. The number of benzene rings is 1. The van der Waals surface area contributed by atoms with Crippen molar-refractivity contribution in [3.8, 4) is 5.75 Å². The first-order valence-electron chi connectivity index (χ1n) is 6.13. The fourth-order valence-corrected chi connectivity index (χ4v) is 2.16. The van der Waals surface area contributed by atoms with E-state index < -0.39 is 0 Å². The van der Waals surface area contributed by atoms with Gasteiger partial charge in [-0.3, -0.25) is 9.48 Å². The zero-order valence-electron chi connectivity index (χ0n) is 11.6. The second-order valence-corrected chi connectivity index (χ2v) is 4.76. The molecular weight excluding hydrogens is 278 g/mol. The fourth-order valence-electron chi connectivity index (χ4n) is 1.90. The summed E-state index contributed by atoms with van der Waals surface area (Å²) in [6, 6.07) is 7.50. The molecule has 20 heavy (non-hydrogen) atoms. The van der Waals surface area contributed by atoms with Crippen molar-refractivity contribution in [1.29, 1.82) is 0 Å². The van der Waals surface area contributed by atoms with Gasteiger partial charge in [-0.2, -0.15) is 5.10 Å². The Morgan fingerprint density at radius 3 is 2.55 bits per heavy atom. The molecule has 1 N–H and O–H groups in total. The summed E-state index contributed by atoms with van der Waals surface area (Å²) in [6.07, 6.45) is 0. The quantitative estimate of drug-likeness (QED) is 0.941. The highest BCUT2D eigenvalue weighted by Crippen LogP contribution is 2.18. The molecule has 0 aliphatic rings. The largest absolute Gasteiger partial charge is 0.497 e. The summed E-state index contributed by atoms with van der Waals surface area (Å²) in [5.74, 6) is 0.558. The molecule has 6 heteroatoms. The van der Waals surface area contributed by atoms with Crippen LogP contribution in [0.1, 0.15) is 21.6 Å². The van der Waals surface area contributed by atoms with E-state index in [1.165, 1.54) is 4.68 Å². The monoisotopic (exact) mass is 293 g/mol. The lowest BCUT2D eigenvalue weighted by Gasteiger charge is -2.06. The van der Waals surface area contributed by atoms with Crippen LogP contribution in [0.4, 0.5) is 0 Å². The maximum Gasteiger partial charge on any atom is 0.256 e. The summed E-state index contributed by atoms with van der Waals surface area (Å²) in [5, 5.41) is 7.29. The number of nitrogens with one attached hydrogen (secondary N) is 1. The second kappa shape index (κ2) is 5.96. The lowest BCUT2D eigenvalue weighted by atomic mass is 10.2. The van der Waals surface area contributed by atoms with Crippen molar-refractivity contribution in [2.24, 2.45) is 7.05 Å². The van der Waals surface area contributed by atoms with Gasteiger partial charge in [0.25, 0.3) is 5.91 Å². The Hall–Kier alpha value is -2.01. The molecule has 106 valence electrons. The predicted molar refractivity (Wildman–Crippen MR) is 77.1 cm³/mol. The van der Waals surface area contributed by atoms with Crippen LogP contribution in [-0.2, 0) is 13.6 Å². The van der Waals surface area contributed by atoms with Crippen LogP contribution >= 0.6 is 11.6 Å². The Labute approximate surface area is 122 Å². The molecule has 2 rings (SSSR count). The lowest BCUT2D eigenvalue weighted by Crippen LogP contribution is -2.23. The molecule has 1 aromatic heterocycles. The summed E-state index contributed by atoms with van der Waals surface area (Å²) in [6.45, 7) is 2.18. The van der Waals surface area contributed by atoms with Gasteiger partial charge in [0, 0.05) is 13.6 Å². The average Bonchev–Trinajstić information content (AvgIpc) is 2.70. The van der Waals surface area contributed by atoms with E-state index >= 15 is 0 Å². The van der Waals surface area contributed by atoms with E-state index in [1.54, 1.807) is 21.1 Å². The van der Waals surface area contributed by atoms with E-state index in [-0.39, 0.29) is 5.91 Å². The summed E-state index contributed by atoms with van der Waals surface area (Å²) < 4.78 is 6.57. The molecule has 5 nitrogen and oxygen atoms in total. The Morgan fingerprint density at radius 1 is 1.40 bits per heavy atom. The van der Waals surface area contributed by atoms with Crippen LogP contribution in [0, 0.1) is 6.92 Å². The number of amides is 1. The SMILES string of the molecule is COc1ccc(CNC(=O)c2c(C)nn(C)c2Cl)cc1. The highest BCUT2D eigenvalue weighted by Gasteiger charge is 2.18. The minimum atomic E-state index is -0.226. The van der Waals surface area contributed by atoms with Gasteiger partial charge < -0.3 is 10.1 Å². The summed E-state index contributed by atoms with van der Waals surface area (Å²) in [7, 11) is 3.32. The van der Waals surface area contributed by atoms with E-state index in [4.69, 9.17) is 16.3 Å². The molecule has 0 fully saturated rings. The summed E-state index contributed by atoms with van der Waals surface area (Å²) >= 11 is 6.05. The third kappa shape index (κ3) is 2.93. The van der Waals surface area contributed by atoms with Crippen molar-refractivity contribution in [2.45, 2.75) is 13.5 Å². The van der Waals surface area contributed by atoms with Gasteiger partial charge in [-0.15, -0.1) is 0 Å². The molecule has 0 atom stereocenters. The molecule has 0 aliphatic heterocycles. The van der Waals surface area contributed by atoms with Crippen LogP contribution in [0.3, 0.4) is 0 Å². The molecule has 2 aromatic rings. The van der Waals surface area contributed by atoms with Crippen LogP contribution < -0.4 is 10.1 Å². The number of rotatable bonds is 4. The highest BCUT2D eigenvalue weighted by atomic mass is 35.5. The first kappa shape index (κ1) is 14.4. The number of nitrogens with zero attached hydrogens (tertiary/aromatic N) is 2. The Morgan fingerprint density at radius 2 is 2.05 bits per heavy atom. The summed E-state index contributed by atoms with van der Waals surface area (Å²) in [5.41, 5.74) is 2.02. The molecule has 0 saturated carbocycles. The number of hydrogen-bond acceptors (Lipinski definition) is 3. The summed E-state index contributed by atoms with van der Waals surface area (Å²) in [4.78, 5) is 12.1. The molecule has 1 aromatic carbocycles. The highest BCUT2D eigenvalue weighted by molar-refractivity contribution is 6.33. The maximum atomic E-state index is 12.1. The number of carbonyl (C=O) groups excluding carboxylic acids is 1. The third-order valence-corrected chi connectivity index (χ3v) is 3.43. The first-order valence-corrected chi connectivity index (χ1v) is 6.51. The molecule has 1 amide bonds. The predicted octanol–water partition coefficient (Wildman–Crippen LogP) is 2.32. The van der Waals surface area contributed by atoms with Gasteiger partial charge in [-0.05, 0) is 24.6 Å². The van der Waals surface area contributed by atoms with Gasteiger partial charge in [-0.1, -0.05) is 23.7 Å². The Balaban J connectivity index is 2.04. The van der Waals surface area contributed by atoms with Crippen molar-refractivity contribution >= 4 is 17.5 Å². The van der Waals surface area contributed by atoms with Crippen molar-refractivity contribution < 1.29 is 9.53 Å². The van der Waals surface area contributed by atoms with Crippen LogP contribution in [0.25, 0.3) is 0 Å². The number of carbonyl (C=O) groups is 1. The molecule has 0 aliphatic carbocycles. The zero-order chi connectivity index (χ0) is 14.7. The molecular formula is C14H16ClN3O2. The van der Waals surface area contributed by atoms with E-state index in [0.29, 0.717) is 23.0 Å². The standard InChI is InChI=1S/C14H16ClN3O2/c1-9-12(13(15)18(2)17-9)14(19)16-8-10-4-6-11(20-3)7-5-10/h4-7H,8H2,1-3H3,(H,16,19). The van der Waals surface area contributed by atoms with Gasteiger partial charge in [0.15, 0.2) is 0 Å². The van der Waals surface area contributed by atoms with Crippen molar-refractivity contribution in [3.05, 3.63) is 46.2 Å². The smallest absolute Gasteiger partial charge is 0.256 e. The molecule has 1 heterocycles. The van der Waals surface area contributed by atoms with Crippen molar-refractivity contribution in [1.82, 2.24) is 15.1 Å². The lowest BCUT2D eigenvalue weighted by molar-refractivity contribution is 0.0950. The normalized spacial score (nSPS) is 10.4. The van der Waals surface area contributed by atoms with E-state index in [0.717, 1.165) is 11.3 Å². The number of ether oxygens (including phenoxy) is 1. The van der Waals surface area contributed by atoms with Gasteiger partial charge >= 0.3 is 0 Å². The van der Waals surface area contributed by atoms with Gasteiger partial charge in [0.05, 0.1) is 18.4 Å². The number of methoxy groups -OCH3 is 1. The van der Waals surface area contributed by atoms with Crippen LogP contribution in [0.5, 0.6) is 5.75 Å². The third-order valence-electron chi connectivity index (χ3n) is 2.99. The number of hydrogen-bond donors (Lipinski definition) is 1. The van der Waals surface area contributed by atoms with Gasteiger partial charge in [-0.25, -0.2) is 0 Å². The molecule has 0 spiro atoms. The molecule has 0 radical (unpaired) electrons. The van der Waals surface area contributed by atoms with E-state index in [9.17, 15) is 4.79 Å². The van der Waals surface area contributed by atoms with Gasteiger partial charge in [0.1, 0.15) is 10.9 Å². The molecule has 0 bridgehead atoms. The van der Waals surface area contributed by atoms with Crippen LogP contribution in [-0.4, -0.2) is 22.8 Å². The van der Waals surface area contributed by atoms with Crippen LogP contribution in [0.15, 0.2) is 24.3 Å². The topological polar surface area (TPSA) is 56.1 Å². The Bertz CT molecular complexity index is 620.